The number of fused-ring (bicyclic) bond motifs is 1. The van der Waals surface area contributed by atoms with Crippen molar-refractivity contribution in [1.29, 1.82) is 0 Å². The molecule has 6 rings (SSSR count). The number of thiazole rings is 1. The molecule has 1 atom stereocenters. The highest BCUT2D eigenvalue weighted by molar-refractivity contribution is 7.22. The van der Waals surface area contributed by atoms with Crippen molar-refractivity contribution in [2.24, 2.45) is 0 Å². The molecule has 2 aromatic carbocycles. The van der Waals surface area contributed by atoms with Crippen LogP contribution in [0.25, 0.3) is 10.2 Å². The summed E-state index contributed by atoms with van der Waals surface area (Å²) in [6.45, 7) is 3.48. The number of aromatic nitrogens is 5. The van der Waals surface area contributed by atoms with Gasteiger partial charge in [-0.2, -0.15) is 0 Å². The van der Waals surface area contributed by atoms with Crippen LogP contribution < -0.4 is 14.4 Å². The summed E-state index contributed by atoms with van der Waals surface area (Å²) in [5.74, 6) is 2.50. The number of methoxy groups -OCH3 is 2. The Balaban J connectivity index is 1.33. The zero-order valence-electron chi connectivity index (χ0n) is 21.4. The average Bonchev–Trinajstić information content (AvgIpc) is 3.62. The van der Waals surface area contributed by atoms with E-state index in [0.717, 1.165) is 72.6 Å². The summed E-state index contributed by atoms with van der Waals surface area (Å²) in [4.78, 5) is 9.76. The molecule has 0 bridgehead atoms. The van der Waals surface area contributed by atoms with Crippen LogP contribution >= 0.6 is 11.3 Å². The minimum atomic E-state index is -0.139. The molecule has 9 nitrogen and oxygen atoms in total. The normalized spacial score (nSPS) is 18.3. The van der Waals surface area contributed by atoms with Crippen LogP contribution in [0.3, 0.4) is 0 Å². The minimum Gasteiger partial charge on any atom is -0.497 e. The van der Waals surface area contributed by atoms with Gasteiger partial charge in [0.1, 0.15) is 17.5 Å². The lowest BCUT2D eigenvalue weighted by Gasteiger charge is -2.39. The molecule has 2 aliphatic rings. The fraction of sp³-hybridized carbons (Fsp3) is 0.481. The summed E-state index contributed by atoms with van der Waals surface area (Å²) in [6, 6.07) is 14.5. The standard InChI is InChI=1S/C27H33N7O2S/c1-35-20-12-13-23(36-2)21(18-20)25(26-29-30-31-34(26)19-8-4-3-5-9-19)32-14-16-33(17-15-32)27-28-22-10-6-7-11-24(22)37-27/h6-7,10-13,18-19,25H,3-5,8-9,14-17H2,1-2H3. The molecular weight excluding hydrogens is 486 g/mol. The SMILES string of the molecule is COc1ccc(OC)c(C(c2nnnn2C2CCCCC2)N2CCN(c3nc4ccccc4s3)CC2)c1. The Morgan fingerprint density at radius 1 is 0.946 bits per heavy atom. The molecule has 0 N–H and O–H groups in total. The zero-order valence-corrected chi connectivity index (χ0v) is 22.2. The molecule has 1 aliphatic carbocycles. The van der Waals surface area contributed by atoms with E-state index in [0.29, 0.717) is 6.04 Å². The second-order valence-electron chi connectivity index (χ2n) is 9.77. The van der Waals surface area contributed by atoms with E-state index in [4.69, 9.17) is 14.5 Å². The van der Waals surface area contributed by atoms with Crippen LogP contribution in [-0.2, 0) is 0 Å². The van der Waals surface area contributed by atoms with Crippen LogP contribution in [-0.4, -0.2) is 70.5 Å². The molecule has 1 aliphatic heterocycles. The van der Waals surface area contributed by atoms with Crippen molar-refractivity contribution >= 4 is 26.7 Å². The largest absolute Gasteiger partial charge is 0.497 e. The maximum atomic E-state index is 5.85. The molecule has 1 saturated carbocycles. The van der Waals surface area contributed by atoms with Crippen molar-refractivity contribution in [2.75, 3.05) is 45.3 Å². The van der Waals surface area contributed by atoms with Crippen LogP contribution in [0.15, 0.2) is 42.5 Å². The predicted octanol–water partition coefficient (Wildman–Crippen LogP) is 4.72. The number of benzene rings is 2. The van der Waals surface area contributed by atoms with Gasteiger partial charge in [-0.3, -0.25) is 4.90 Å². The summed E-state index contributed by atoms with van der Waals surface area (Å²) < 4.78 is 14.8. The number of hydrogen-bond acceptors (Lipinski definition) is 9. The zero-order chi connectivity index (χ0) is 25.2. The van der Waals surface area contributed by atoms with Crippen molar-refractivity contribution in [1.82, 2.24) is 30.1 Å². The Labute approximate surface area is 221 Å². The van der Waals surface area contributed by atoms with Crippen molar-refractivity contribution in [3.63, 3.8) is 0 Å². The molecule has 10 heteroatoms. The number of para-hydroxylation sites is 1. The van der Waals surface area contributed by atoms with E-state index in [9.17, 15) is 0 Å². The Bertz CT molecular complexity index is 1310. The summed E-state index contributed by atoms with van der Waals surface area (Å²) in [5, 5.41) is 14.4. The van der Waals surface area contributed by atoms with Gasteiger partial charge in [-0.15, -0.1) is 5.10 Å². The molecule has 194 valence electrons. The monoisotopic (exact) mass is 519 g/mol. The van der Waals surface area contributed by atoms with E-state index in [2.05, 4.69) is 54.3 Å². The van der Waals surface area contributed by atoms with Crippen LogP contribution in [0.5, 0.6) is 11.5 Å². The van der Waals surface area contributed by atoms with Gasteiger partial charge in [-0.25, -0.2) is 9.67 Å². The highest BCUT2D eigenvalue weighted by Gasteiger charge is 2.35. The van der Waals surface area contributed by atoms with Crippen LogP contribution in [0.1, 0.15) is 55.6 Å². The summed E-state index contributed by atoms with van der Waals surface area (Å²) in [7, 11) is 3.42. The number of piperazine rings is 1. The number of hydrogen-bond donors (Lipinski definition) is 0. The van der Waals surface area contributed by atoms with Gasteiger partial charge < -0.3 is 14.4 Å². The molecule has 0 amide bonds. The molecule has 1 unspecified atom stereocenters. The lowest BCUT2D eigenvalue weighted by Crippen LogP contribution is -2.48. The second kappa shape index (κ2) is 10.6. The third-order valence-corrected chi connectivity index (χ3v) is 8.74. The first-order valence-corrected chi connectivity index (χ1v) is 13.9. The van der Waals surface area contributed by atoms with E-state index < -0.39 is 0 Å². The number of tetrazole rings is 1. The molecule has 1 saturated heterocycles. The van der Waals surface area contributed by atoms with E-state index >= 15 is 0 Å². The second-order valence-corrected chi connectivity index (χ2v) is 10.8. The predicted molar refractivity (Wildman–Crippen MR) is 145 cm³/mol. The number of rotatable bonds is 7. The topological polar surface area (TPSA) is 81.4 Å². The lowest BCUT2D eigenvalue weighted by molar-refractivity contribution is 0.190. The molecule has 37 heavy (non-hydrogen) atoms. The van der Waals surface area contributed by atoms with Gasteiger partial charge in [0.25, 0.3) is 0 Å². The van der Waals surface area contributed by atoms with E-state index in [1.165, 1.54) is 24.0 Å². The van der Waals surface area contributed by atoms with Crippen molar-refractivity contribution < 1.29 is 9.47 Å². The Morgan fingerprint density at radius 3 is 2.51 bits per heavy atom. The molecule has 3 heterocycles. The third kappa shape index (κ3) is 4.75. The average molecular weight is 520 g/mol. The smallest absolute Gasteiger partial charge is 0.186 e. The summed E-state index contributed by atoms with van der Waals surface area (Å²) in [6.07, 6.45) is 5.96. The van der Waals surface area contributed by atoms with E-state index in [1.54, 1.807) is 25.6 Å². The minimum absolute atomic E-state index is 0.139. The van der Waals surface area contributed by atoms with E-state index in [-0.39, 0.29) is 6.04 Å². The highest BCUT2D eigenvalue weighted by atomic mass is 32.1. The number of nitrogens with zero attached hydrogens (tertiary/aromatic N) is 7. The lowest BCUT2D eigenvalue weighted by atomic mass is 9.94. The first kappa shape index (κ1) is 24.1. The molecular formula is C27H33N7O2S. The molecule has 4 aromatic rings. The van der Waals surface area contributed by atoms with Crippen molar-refractivity contribution in [3.05, 3.63) is 53.9 Å². The van der Waals surface area contributed by atoms with Gasteiger partial charge in [0, 0.05) is 31.7 Å². The molecule has 0 radical (unpaired) electrons. The summed E-state index contributed by atoms with van der Waals surface area (Å²) >= 11 is 1.76. The quantitative estimate of drug-likeness (QED) is 0.347. The Hall–Kier alpha value is -3.24. The van der Waals surface area contributed by atoms with Gasteiger partial charge >= 0.3 is 0 Å². The van der Waals surface area contributed by atoms with Crippen LogP contribution in [0.4, 0.5) is 5.13 Å². The summed E-state index contributed by atoms with van der Waals surface area (Å²) in [5.41, 5.74) is 2.10. The van der Waals surface area contributed by atoms with Crippen LogP contribution in [0.2, 0.25) is 0 Å². The van der Waals surface area contributed by atoms with Gasteiger partial charge in [0.2, 0.25) is 0 Å². The molecule has 2 fully saturated rings. The fourth-order valence-corrected chi connectivity index (χ4v) is 6.70. The van der Waals surface area contributed by atoms with Gasteiger partial charge in [0.05, 0.1) is 30.5 Å². The maximum Gasteiger partial charge on any atom is 0.186 e. The van der Waals surface area contributed by atoms with Crippen molar-refractivity contribution in [2.45, 2.75) is 44.2 Å². The first-order valence-electron chi connectivity index (χ1n) is 13.1. The van der Waals surface area contributed by atoms with E-state index in [1.807, 2.05) is 18.2 Å². The highest BCUT2D eigenvalue weighted by Crippen LogP contribution is 2.39. The van der Waals surface area contributed by atoms with Gasteiger partial charge in [-0.1, -0.05) is 42.7 Å². The number of anilines is 1. The first-order chi connectivity index (χ1) is 18.2. The van der Waals surface area contributed by atoms with Crippen LogP contribution in [0, 0.1) is 0 Å². The molecule has 0 spiro atoms. The number of ether oxygens (including phenoxy) is 2. The fourth-order valence-electron chi connectivity index (χ4n) is 5.69. The third-order valence-electron chi connectivity index (χ3n) is 7.65. The van der Waals surface area contributed by atoms with Crippen molar-refractivity contribution in [3.8, 4) is 11.5 Å². The maximum absolute atomic E-state index is 5.85. The molecule has 2 aromatic heterocycles. The van der Waals surface area contributed by atoms with Gasteiger partial charge in [0.15, 0.2) is 11.0 Å². The Morgan fingerprint density at radius 2 is 1.76 bits per heavy atom. The van der Waals surface area contributed by atoms with Gasteiger partial charge in [-0.05, 0) is 53.6 Å². The Kier molecular flexibility index (Phi) is 6.93.